The Morgan fingerprint density at radius 2 is 1.83 bits per heavy atom. The van der Waals surface area contributed by atoms with Gasteiger partial charge in [0.25, 0.3) is 0 Å². The van der Waals surface area contributed by atoms with E-state index in [1.54, 1.807) is 6.92 Å². The van der Waals surface area contributed by atoms with Crippen LogP contribution in [0, 0.1) is 0 Å². The second-order valence-corrected chi connectivity index (χ2v) is 5.53. The van der Waals surface area contributed by atoms with Gasteiger partial charge in [0.05, 0.1) is 12.5 Å². The average Bonchev–Trinajstić information content (AvgIpc) is 2.87. The second kappa shape index (κ2) is 9.63. The van der Waals surface area contributed by atoms with Crippen molar-refractivity contribution in [2.45, 2.75) is 63.5 Å². The number of hydrogen-bond acceptors (Lipinski definition) is 6. The molecule has 0 aromatic heterocycles. The van der Waals surface area contributed by atoms with Gasteiger partial charge in [-0.15, -0.1) is 0 Å². The lowest BCUT2D eigenvalue weighted by Gasteiger charge is -2.26. The summed E-state index contributed by atoms with van der Waals surface area (Å²) in [6.07, 6.45) is -2.13. The molecule has 0 bridgehead atoms. The Hall–Kier alpha value is -1.61. The van der Waals surface area contributed by atoms with E-state index in [-0.39, 0.29) is 24.7 Å². The van der Waals surface area contributed by atoms with Crippen molar-refractivity contribution in [2.24, 2.45) is 0 Å². The molecule has 1 aliphatic heterocycles. The third kappa shape index (κ3) is 5.49. The first-order valence-electron chi connectivity index (χ1n) is 8.02. The molecule has 1 aliphatic rings. The third-order valence-corrected chi connectivity index (χ3v) is 3.83. The SMILES string of the molecule is [B][C@@H]1O[C@H](CC)C(OC(=O)CCC(=O)NC)[C@@H]1OC(C)C(=O)NC. The van der Waals surface area contributed by atoms with E-state index in [4.69, 9.17) is 22.1 Å². The molecule has 2 unspecified atom stereocenters. The fraction of sp³-hybridized carbons (Fsp3) is 0.800. The van der Waals surface area contributed by atoms with Gasteiger partial charge >= 0.3 is 5.97 Å². The zero-order valence-electron chi connectivity index (χ0n) is 14.5. The molecular weight excluding hydrogens is 315 g/mol. The molecule has 8 nitrogen and oxygen atoms in total. The van der Waals surface area contributed by atoms with E-state index in [1.165, 1.54) is 14.1 Å². The Labute approximate surface area is 143 Å². The number of carbonyl (C=O) groups is 3. The smallest absolute Gasteiger partial charge is 0.306 e. The normalized spacial score (nSPS) is 27.3. The molecule has 2 N–H and O–H groups in total. The highest BCUT2D eigenvalue weighted by atomic mass is 16.6. The predicted molar refractivity (Wildman–Crippen MR) is 86.3 cm³/mol. The van der Waals surface area contributed by atoms with Crippen LogP contribution in [0.4, 0.5) is 0 Å². The van der Waals surface area contributed by atoms with Gasteiger partial charge in [0, 0.05) is 26.5 Å². The molecule has 0 saturated carbocycles. The quantitative estimate of drug-likeness (QED) is 0.445. The molecule has 0 spiro atoms. The first kappa shape index (κ1) is 20.4. The van der Waals surface area contributed by atoms with Crippen LogP contribution >= 0.6 is 0 Å². The van der Waals surface area contributed by atoms with Gasteiger partial charge in [0.2, 0.25) is 11.8 Å². The van der Waals surface area contributed by atoms with E-state index in [2.05, 4.69) is 10.6 Å². The van der Waals surface area contributed by atoms with Gasteiger partial charge in [0.1, 0.15) is 20.1 Å². The molecule has 0 aliphatic carbocycles. The molecule has 5 atom stereocenters. The maximum Gasteiger partial charge on any atom is 0.306 e. The summed E-state index contributed by atoms with van der Waals surface area (Å²) in [6.45, 7) is 3.45. The first-order valence-corrected chi connectivity index (χ1v) is 8.02. The topological polar surface area (TPSA) is 103 Å². The van der Waals surface area contributed by atoms with E-state index in [1.807, 2.05) is 6.92 Å². The number of rotatable bonds is 8. The molecule has 9 heteroatoms. The second-order valence-electron chi connectivity index (χ2n) is 5.53. The maximum atomic E-state index is 12.0. The molecule has 0 aromatic carbocycles. The van der Waals surface area contributed by atoms with Crippen LogP contribution in [0.5, 0.6) is 0 Å². The maximum absolute atomic E-state index is 12.0. The predicted octanol–water partition coefficient (Wildman–Crippen LogP) is -0.752. The van der Waals surface area contributed by atoms with Crippen LogP contribution in [-0.2, 0) is 28.6 Å². The molecule has 0 aromatic rings. The van der Waals surface area contributed by atoms with Crippen molar-refractivity contribution >= 4 is 25.6 Å². The van der Waals surface area contributed by atoms with Crippen molar-refractivity contribution in [3.63, 3.8) is 0 Å². The van der Waals surface area contributed by atoms with Crippen molar-refractivity contribution in [3.8, 4) is 0 Å². The van der Waals surface area contributed by atoms with Crippen LogP contribution in [0.1, 0.15) is 33.1 Å². The summed E-state index contributed by atoms with van der Waals surface area (Å²) in [5.41, 5.74) is 0. The van der Waals surface area contributed by atoms with Crippen LogP contribution < -0.4 is 10.6 Å². The van der Waals surface area contributed by atoms with E-state index < -0.39 is 36.4 Å². The molecule has 1 rings (SSSR count). The molecule has 1 saturated heterocycles. The summed E-state index contributed by atoms with van der Waals surface area (Å²) >= 11 is 0. The Morgan fingerprint density at radius 1 is 1.17 bits per heavy atom. The average molecular weight is 340 g/mol. The summed E-state index contributed by atoms with van der Waals surface area (Å²) in [7, 11) is 8.90. The minimum atomic E-state index is -0.807. The van der Waals surface area contributed by atoms with Crippen LogP contribution in [0.3, 0.4) is 0 Å². The Bertz CT molecular complexity index is 461. The van der Waals surface area contributed by atoms with Crippen molar-refractivity contribution in [3.05, 3.63) is 0 Å². The monoisotopic (exact) mass is 340 g/mol. The van der Waals surface area contributed by atoms with Gasteiger partial charge in [-0.3, -0.25) is 14.4 Å². The largest absolute Gasteiger partial charge is 0.457 e. The lowest BCUT2D eigenvalue weighted by molar-refractivity contribution is -0.161. The van der Waals surface area contributed by atoms with Crippen molar-refractivity contribution in [1.82, 2.24) is 10.6 Å². The van der Waals surface area contributed by atoms with Gasteiger partial charge in [-0.05, 0) is 13.3 Å². The number of esters is 1. The molecule has 2 radical (unpaired) electrons. The number of carbonyl (C=O) groups excluding carboxylic acids is 3. The number of ether oxygens (including phenoxy) is 3. The summed E-state index contributed by atoms with van der Waals surface area (Å²) in [5, 5.41) is 4.91. The Balaban J connectivity index is 2.71. The summed E-state index contributed by atoms with van der Waals surface area (Å²) in [5.74, 6) is -1.10. The van der Waals surface area contributed by atoms with E-state index in [0.29, 0.717) is 6.42 Å². The molecule has 24 heavy (non-hydrogen) atoms. The molecule has 1 fully saturated rings. The fourth-order valence-electron chi connectivity index (χ4n) is 2.43. The van der Waals surface area contributed by atoms with Crippen LogP contribution in [0.2, 0.25) is 0 Å². The summed E-state index contributed by atoms with van der Waals surface area (Å²) < 4.78 is 16.6. The number of nitrogens with one attached hydrogen (secondary N) is 2. The number of likely N-dealkylation sites (N-methyl/N-ethyl adjacent to an activating group) is 1. The van der Waals surface area contributed by atoms with Gasteiger partial charge < -0.3 is 24.8 Å². The van der Waals surface area contributed by atoms with Gasteiger partial charge in [-0.1, -0.05) is 6.92 Å². The molecular formula is C15H25BN2O6. The van der Waals surface area contributed by atoms with E-state index in [9.17, 15) is 14.4 Å². The third-order valence-electron chi connectivity index (χ3n) is 3.83. The van der Waals surface area contributed by atoms with E-state index in [0.717, 1.165) is 0 Å². The minimum Gasteiger partial charge on any atom is -0.457 e. The van der Waals surface area contributed by atoms with E-state index >= 15 is 0 Å². The van der Waals surface area contributed by atoms with Crippen molar-refractivity contribution < 1.29 is 28.6 Å². The standard InChI is InChI=1S/C15H25BN2O6/c1-5-9-12(24-11(20)7-6-10(19)17-3)13(14(16)23-9)22-8(2)15(21)18-4/h8-9,12-14H,5-7H2,1-4H3,(H,17,19)(H,18,21)/t8?,9-,12?,13+,14-/m1/s1. The highest BCUT2D eigenvalue weighted by Gasteiger charge is 2.45. The summed E-state index contributed by atoms with van der Waals surface area (Å²) in [6, 6.07) is -0.807. The Kier molecular flexibility index (Phi) is 8.20. The molecule has 1 heterocycles. The molecule has 2 amide bonds. The number of hydrogen-bond donors (Lipinski definition) is 2. The fourth-order valence-corrected chi connectivity index (χ4v) is 2.43. The van der Waals surface area contributed by atoms with Crippen LogP contribution in [-0.4, -0.2) is 70.1 Å². The molecule has 134 valence electrons. The lowest BCUT2D eigenvalue weighted by atomic mass is 9.92. The zero-order valence-corrected chi connectivity index (χ0v) is 14.5. The first-order chi connectivity index (χ1) is 11.3. The summed E-state index contributed by atoms with van der Waals surface area (Å²) in [4.78, 5) is 34.8. The zero-order chi connectivity index (χ0) is 18.3. The van der Waals surface area contributed by atoms with Crippen LogP contribution in [0.15, 0.2) is 0 Å². The number of amides is 2. The van der Waals surface area contributed by atoms with Gasteiger partial charge in [-0.2, -0.15) is 0 Å². The van der Waals surface area contributed by atoms with Crippen molar-refractivity contribution in [2.75, 3.05) is 14.1 Å². The Morgan fingerprint density at radius 3 is 2.38 bits per heavy atom. The van der Waals surface area contributed by atoms with Crippen molar-refractivity contribution in [1.29, 1.82) is 0 Å². The lowest BCUT2D eigenvalue weighted by Crippen LogP contribution is -2.44. The van der Waals surface area contributed by atoms with Crippen LogP contribution in [0.25, 0.3) is 0 Å². The van der Waals surface area contributed by atoms with Gasteiger partial charge in [0.15, 0.2) is 6.10 Å². The highest BCUT2D eigenvalue weighted by molar-refractivity contribution is 6.11. The highest BCUT2D eigenvalue weighted by Crippen LogP contribution is 2.28. The van der Waals surface area contributed by atoms with Gasteiger partial charge in [-0.25, -0.2) is 0 Å². The minimum absolute atomic E-state index is 0.0337.